The molecular formula is C6H12N6. The molecule has 0 amide bonds. The van der Waals surface area contributed by atoms with Gasteiger partial charge in [-0.3, -0.25) is 10.9 Å². The van der Waals surface area contributed by atoms with Crippen molar-refractivity contribution in [2.45, 2.75) is 6.04 Å². The molecular weight excluding hydrogens is 156 g/mol. The second-order valence-corrected chi connectivity index (χ2v) is 2.86. The summed E-state index contributed by atoms with van der Waals surface area (Å²) in [7, 11) is 0. The number of nitrogens with zero attached hydrogens (tertiary/aromatic N) is 3. The molecule has 1 aromatic heterocycles. The van der Waals surface area contributed by atoms with E-state index in [9.17, 15) is 0 Å². The lowest BCUT2D eigenvalue weighted by Crippen LogP contribution is -2.49. The van der Waals surface area contributed by atoms with Gasteiger partial charge in [-0.2, -0.15) is 0 Å². The van der Waals surface area contributed by atoms with Crippen molar-refractivity contribution in [2.24, 2.45) is 5.84 Å². The van der Waals surface area contributed by atoms with E-state index in [0.717, 1.165) is 25.3 Å². The molecule has 0 aliphatic carbocycles. The van der Waals surface area contributed by atoms with Crippen LogP contribution in [0.2, 0.25) is 0 Å². The number of hydrogen-bond acceptors (Lipinski definition) is 5. The maximum absolute atomic E-state index is 5.78. The molecule has 0 bridgehead atoms. The first-order valence-electron chi connectivity index (χ1n) is 3.96. The van der Waals surface area contributed by atoms with Gasteiger partial charge in [0.1, 0.15) is 5.69 Å². The molecule has 0 saturated carbocycles. The molecule has 0 aromatic carbocycles. The fraction of sp³-hybridized carbons (Fsp3) is 0.667. The van der Waals surface area contributed by atoms with Gasteiger partial charge in [-0.15, -0.1) is 5.10 Å². The number of H-pyrrole nitrogens is 1. The topological polar surface area (TPSA) is 82.9 Å². The van der Waals surface area contributed by atoms with Gasteiger partial charge in [0.15, 0.2) is 0 Å². The number of aromatic nitrogens is 3. The number of nitrogens with two attached hydrogens (primary N) is 1. The van der Waals surface area contributed by atoms with Gasteiger partial charge in [-0.05, 0) is 0 Å². The average Bonchev–Trinajstić information content (AvgIpc) is 2.57. The molecule has 1 aromatic rings. The Morgan fingerprint density at radius 3 is 3.25 bits per heavy atom. The van der Waals surface area contributed by atoms with Crippen LogP contribution in [0.5, 0.6) is 0 Å². The second kappa shape index (κ2) is 3.18. The van der Waals surface area contributed by atoms with Crippen LogP contribution >= 0.6 is 0 Å². The maximum atomic E-state index is 5.78. The van der Waals surface area contributed by atoms with Crippen LogP contribution < -0.4 is 11.2 Å². The summed E-state index contributed by atoms with van der Waals surface area (Å²) < 4.78 is 0. The maximum Gasteiger partial charge on any atom is 0.102 e. The Hall–Kier alpha value is -0.980. The summed E-state index contributed by atoms with van der Waals surface area (Å²) in [4.78, 5) is 0. The van der Waals surface area contributed by atoms with Gasteiger partial charge in [0.2, 0.25) is 0 Å². The SMILES string of the molecule is NN1CCNCC1c1c[nH]nn1. The van der Waals surface area contributed by atoms with Gasteiger partial charge in [-0.25, -0.2) is 5.01 Å². The lowest BCUT2D eigenvalue weighted by molar-refractivity contribution is 0.162. The monoisotopic (exact) mass is 168 g/mol. The Morgan fingerprint density at radius 1 is 1.67 bits per heavy atom. The van der Waals surface area contributed by atoms with Crippen LogP contribution in [-0.2, 0) is 0 Å². The van der Waals surface area contributed by atoms with Crippen LogP contribution in [0.1, 0.15) is 11.7 Å². The average molecular weight is 168 g/mol. The predicted molar refractivity (Wildman–Crippen MR) is 42.9 cm³/mol. The van der Waals surface area contributed by atoms with E-state index >= 15 is 0 Å². The summed E-state index contributed by atoms with van der Waals surface area (Å²) in [5.41, 5.74) is 0.893. The van der Waals surface area contributed by atoms with Gasteiger partial charge in [-0.1, -0.05) is 5.21 Å². The molecule has 66 valence electrons. The zero-order valence-corrected chi connectivity index (χ0v) is 6.70. The van der Waals surface area contributed by atoms with Crippen LogP contribution in [0.15, 0.2) is 6.20 Å². The minimum Gasteiger partial charge on any atom is -0.313 e. The van der Waals surface area contributed by atoms with Gasteiger partial charge in [0.05, 0.1) is 6.04 Å². The van der Waals surface area contributed by atoms with Crippen molar-refractivity contribution < 1.29 is 0 Å². The summed E-state index contributed by atoms with van der Waals surface area (Å²) in [6, 6.07) is 0.150. The molecule has 0 spiro atoms. The standard InChI is InChI=1S/C6H12N6/c7-12-2-1-8-4-6(12)5-3-9-11-10-5/h3,6,8H,1-2,4,7H2,(H,9,10,11). The fourth-order valence-electron chi connectivity index (χ4n) is 1.37. The van der Waals surface area contributed by atoms with Crippen molar-refractivity contribution in [3.8, 4) is 0 Å². The molecule has 6 nitrogen and oxygen atoms in total. The molecule has 1 unspecified atom stereocenters. The lowest BCUT2D eigenvalue weighted by Gasteiger charge is -2.30. The summed E-state index contributed by atoms with van der Waals surface area (Å²) in [5, 5.41) is 15.3. The van der Waals surface area contributed by atoms with E-state index in [1.54, 1.807) is 11.2 Å². The number of hydrogen-bond donors (Lipinski definition) is 3. The number of aromatic amines is 1. The van der Waals surface area contributed by atoms with E-state index in [4.69, 9.17) is 5.84 Å². The molecule has 1 atom stereocenters. The van der Waals surface area contributed by atoms with Crippen LogP contribution in [-0.4, -0.2) is 40.1 Å². The molecule has 0 radical (unpaired) electrons. The van der Waals surface area contributed by atoms with Gasteiger partial charge >= 0.3 is 0 Å². The van der Waals surface area contributed by atoms with Gasteiger partial charge in [0.25, 0.3) is 0 Å². The molecule has 12 heavy (non-hydrogen) atoms. The normalized spacial score (nSPS) is 25.9. The van der Waals surface area contributed by atoms with Crippen LogP contribution in [0.3, 0.4) is 0 Å². The molecule has 1 aliphatic rings. The molecule has 4 N–H and O–H groups in total. The van der Waals surface area contributed by atoms with Crippen molar-refractivity contribution in [3.63, 3.8) is 0 Å². The summed E-state index contributed by atoms with van der Waals surface area (Å²) in [6.45, 7) is 2.62. The highest BCUT2D eigenvalue weighted by molar-refractivity contribution is 5.01. The number of nitrogens with one attached hydrogen (secondary N) is 2. The lowest BCUT2D eigenvalue weighted by atomic mass is 10.2. The van der Waals surface area contributed by atoms with Gasteiger partial charge < -0.3 is 5.32 Å². The Kier molecular flexibility index (Phi) is 2.03. The van der Waals surface area contributed by atoms with Crippen LogP contribution in [0, 0.1) is 0 Å². The minimum absolute atomic E-state index is 0.150. The fourth-order valence-corrected chi connectivity index (χ4v) is 1.37. The molecule has 6 heteroatoms. The van der Waals surface area contributed by atoms with Crippen molar-refractivity contribution in [1.82, 2.24) is 25.7 Å². The highest BCUT2D eigenvalue weighted by atomic mass is 15.5. The minimum atomic E-state index is 0.150. The molecule has 1 saturated heterocycles. The third-order valence-corrected chi connectivity index (χ3v) is 2.06. The van der Waals surface area contributed by atoms with E-state index < -0.39 is 0 Å². The van der Waals surface area contributed by atoms with E-state index in [1.165, 1.54) is 0 Å². The van der Waals surface area contributed by atoms with Crippen molar-refractivity contribution in [2.75, 3.05) is 19.6 Å². The van der Waals surface area contributed by atoms with Crippen molar-refractivity contribution in [3.05, 3.63) is 11.9 Å². The van der Waals surface area contributed by atoms with E-state index in [0.29, 0.717) is 0 Å². The first-order chi connectivity index (χ1) is 5.88. The summed E-state index contributed by atoms with van der Waals surface area (Å²) >= 11 is 0. The Labute approximate surface area is 70.1 Å². The van der Waals surface area contributed by atoms with E-state index in [2.05, 4.69) is 20.7 Å². The predicted octanol–water partition coefficient (Wildman–Crippen LogP) is -1.38. The Bertz CT molecular complexity index is 232. The van der Waals surface area contributed by atoms with Gasteiger partial charge in [0, 0.05) is 25.8 Å². The molecule has 2 heterocycles. The first kappa shape index (κ1) is 7.66. The smallest absolute Gasteiger partial charge is 0.102 e. The third-order valence-electron chi connectivity index (χ3n) is 2.06. The van der Waals surface area contributed by atoms with Crippen LogP contribution in [0.4, 0.5) is 0 Å². The Morgan fingerprint density at radius 2 is 2.58 bits per heavy atom. The third kappa shape index (κ3) is 1.31. The molecule has 1 fully saturated rings. The highest BCUT2D eigenvalue weighted by Gasteiger charge is 2.22. The molecule has 2 rings (SSSR count). The molecule has 1 aliphatic heterocycles. The van der Waals surface area contributed by atoms with Crippen LogP contribution in [0.25, 0.3) is 0 Å². The van der Waals surface area contributed by atoms with E-state index in [-0.39, 0.29) is 6.04 Å². The van der Waals surface area contributed by atoms with Crippen molar-refractivity contribution in [1.29, 1.82) is 0 Å². The van der Waals surface area contributed by atoms with Crippen molar-refractivity contribution >= 4 is 0 Å². The van der Waals surface area contributed by atoms with E-state index in [1.807, 2.05) is 0 Å². The zero-order valence-electron chi connectivity index (χ0n) is 6.70. The number of piperazine rings is 1. The zero-order chi connectivity index (χ0) is 8.39. The summed E-state index contributed by atoms with van der Waals surface area (Å²) in [6.07, 6.45) is 1.78. The highest BCUT2D eigenvalue weighted by Crippen LogP contribution is 2.14. The quantitative estimate of drug-likeness (QED) is 0.450. The summed E-state index contributed by atoms with van der Waals surface area (Å²) in [5.74, 6) is 5.78. The number of rotatable bonds is 1. The number of hydrazine groups is 1. The first-order valence-corrected chi connectivity index (χ1v) is 3.96. The Balaban J connectivity index is 2.11. The second-order valence-electron chi connectivity index (χ2n) is 2.86. The largest absolute Gasteiger partial charge is 0.313 e.